The molecule has 2 nitrogen and oxygen atoms in total. The Morgan fingerprint density at radius 1 is 1.29 bits per heavy atom. The lowest BCUT2D eigenvalue weighted by Gasteiger charge is -2.19. The molecule has 0 aliphatic rings. The Hall–Kier alpha value is -1.18. The van der Waals surface area contributed by atoms with Gasteiger partial charge in [-0.25, -0.2) is 0 Å². The number of aryl methyl sites for hydroxylation is 1. The average Bonchev–Trinajstić information content (AvgIpc) is 2.12. The van der Waals surface area contributed by atoms with E-state index in [-0.39, 0.29) is 0 Å². The smallest absolute Gasteiger partial charge is 0.0386 e. The molecule has 1 aromatic rings. The van der Waals surface area contributed by atoms with Gasteiger partial charge in [0.05, 0.1) is 0 Å². The number of hydrogen-bond donors (Lipinski definition) is 1. The Morgan fingerprint density at radius 3 is 2.57 bits per heavy atom. The first-order valence-electron chi connectivity index (χ1n) is 5.21. The zero-order chi connectivity index (χ0) is 10.6. The summed E-state index contributed by atoms with van der Waals surface area (Å²) in [6.07, 6.45) is 2.45. The quantitative estimate of drug-likeness (QED) is 0.743. The number of rotatable bonds is 4. The van der Waals surface area contributed by atoms with Crippen LogP contribution in [0.4, 0.5) is 11.4 Å². The second-order valence-corrected chi connectivity index (χ2v) is 3.88. The third-order valence-corrected chi connectivity index (χ3v) is 2.37. The van der Waals surface area contributed by atoms with Crippen molar-refractivity contribution in [1.82, 2.24) is 0 Å². The van der Waals surface area contributed by atoms with Crippen LogP contribution in [0.15, 0.2) is 18.2 Å². The third kappa shape index (κ3) is 2.95. The Bertz CT molecular complexity index is 274. The van der Waals surface area contributed by atoms with Gasteiger partial charge in [-0.2, -0.15) is 0 Å². The second-order valence-electron chi connectivity index (χ2n) is 3.88. The molecule has 2 N–H and O–H groups in total. The molecule has 0 amide bonds. The molecule has 0 aromatic heterocycles. The van der Waals surface area contributed by atoms with E-state index in [1.165, 1.54) is 24.1 Å². The third-order valence-electron chi connectivity index (χ3n) is 2.37. The zero-order valence-corrected chi connectivity index (χ0v) is 9.38. The Kier molecular flexibility index (Phi) is 3.81. The molecule has 0 radical (unpaired) electrons. The Labute approximate surface area is 86.7 Å². The van der Waals surface area contributed by atoms with E-state index in [1.54, 1.807) is 0 Å². The van der Waals surface area contributed by atoms with Gasteiger partial charge < -0.3 is 10.6 Å². The van der Waals surface area contributed by atoms with Crippen LogP contribution in [-0.4, -0.2) is 13.6 Å². The molecule has 0 saturated carbocycles. The van der Waals surface area contributed by atoms with E-state index < -0.39 is 0 Å². The number of anilines is 2. The van der Waals surface area contributed by atoms with Crippen molar-refractivity contribution in [2.45, 2.75) is 26.7 Å². The molecule has 0 heterocycles. The molecule has 0 aliphatic carbocycles. The van der Waals surface area contributed by atoms with Gasteiger partial charge in [-0.15, -0.1) is 0 Å². The molecule has 0 saturated heterocycles. The molecule has 78 valence electrons. The second kappa shape index (κ2) is 4.89. The van der Waals surface area contributed by atoms with Gasteiger partial charge in [-0.05, 0) is 37.1 Å². The SMILES string of the molecule is CCCCN(C)c1cc(C)cc(N)c1. The van der Waals surface area contributed by atoms with Crippen LogP contribution in [0.2, 0.25) is 0 Å². The first-order chi connectivity index (χ1) is 6.63. The van der Waals surface area contributed by atoms with E-state index in [1.807, 2.05) is 12.1 Å². The minimum atomic E-state index is 0.850. The van der Waals surface area contributed by atoms with Gasteiger partial charge >= 0.3 is 0 Å². The van der Waals surface area contributed by atoms with Crippen LogP contribution in [0.3, 0.4) is 0 Å². The lowest BCUT2D eigenvalue weighted by atomic mass is 10.2. The predicted octanol–water partition coefficient (Wildman–Crippen LogP) is 2.81. The molecule has 0 unspecified atom stereocenters. The molecule has 14 heavy (non-hydrogen) atoms. The van der Waals surface area contributed by atoms with Crippen LogP contribution >= 0.6 is 0 Å². The van der Waals surface area contributed by atoms with Crippen molar-refractivity contribution in [2.24, 2.45) is 0 Å². The van der Waals surface area contributed by atoms with Crippen LogP contribution in [0.5, 0.6) is 0 Å². The molecule has 0 atom stereocenters. The van der Waals surface area contributed by atoms with E-state index in [9.17, 15) is 0 Å². The number of hydrogen-bond acceptors (Lipinski definition) is 2. The Balaban J connectivity index is 2.73. The molecule has 1 aromatic carbocycles. The molecular formula is C12H20N2. The monoisotopic (exact) mass is 192 g/mol. The summed E-state index contributed by atoms with van der Waals surface area (Å²) in [5.74, 6) is 0. The van der Waals surface area contributed by atoms with E-state index in [0.717, 1.165) is 12.2 Å². The van der Waals surface area contributed by atoms with Gasteiger partial charge in [0.25, 0.3) is 0 Å². The first kappa shape index (κ1) is 10.9. The summed E-state index contributed by atoms with van der Waals surface area (Å²) in [6.45, 7) is 5.38. The highest BCUT2D eigenvalue weighted by atomic mass is 15.1. The summed E-state index contributed by atoms with van der Waals surface area (Å²) in [7, 11) is 2.11. The van der Waals surface area contributed by atoms with Crippen molar-refractivity contribution in [2.75, 3.05) is 24.2 Å². The number of nitrogen functional groups attached to an aromatic ring is 1. The van der Waals surface area contributed by atoms with Crippen molar-refractivity contribution in [1.29, 1.82) is 0 Å². The van der Waals surface area contributed by atoms with Crippen LogP contribution in [0.25, 0.3) is 0 Å². The highest BCUT2D eigenvalue weighted by Crippen LogP contribution is 2.19. The maximum atomic E-state index is 5.80. The highest BCUT2D eigenvalue weighted by molar-refractivity contribution is 5.57. The van der Waals surface area contributed by atoms with Gasteiger partial charge in [0.2, 0.25) is 0 Å². The van der Waals surface area contributed by atoms with Crippen molar-refractivity contribution >= 4 is 11.4 Å². The molecule has 1 rings (SSSR count). The van der Waals surface area contributed by atoms with Crippen molar-refractivity contribution in [3.8, 4) is 0 Å². The molecule has 0 bridgehead atoms. The number of benzene rings is 1. The lowest BCUT2D eigenvalue weighted by Crippen LogP contribution is -2.18. The summed E-state index contributed by atoms with van der Waals surface area (Å²) >= 11 is 0. The Morgan fingerprint density at radius 2 is 2.00 bits per heavy atom. The number of unbranched alkanes of at least 4 members (excludes halogenated alkanes) is 1. The van der Waals surface area contributed by atoms with Gasteiger partial charge in [0.1, 0.15) is 0 Å². The summed E-state index contributed by atoms with van der Waals surface area (Å²) in [6, 6.07) is 6.20. The van der Waals surface area contributed by atoms with Gasteiger partial charge in [0, 0.05) is 25.0 Å². The summed E-state index contributed by atoms with van der Waals surface area (Å²) in [5, 5.41) is 0. The van der Waals surface area contributed by atoms with Crippen LogP contribution in [0.1, 0.15) is 25.3 Å². The predicted molar refractivity (Wildman–Crippen MR) is 63.8 cm³/mol. The summed E-state index contributed by atoms with van der Waals surface area (Å²) in [5.41, 5.74) is 9.09. The van der Waals surface area contributed by atoms with E-state index >= 15 is 0 Å². The van der Waals surface area contributed by atoms with Crippen molar-refractivity contribution < 1.29 is 0 Å². The average molecular weight is 192 g/mol. The van der Waals surface area contributed by atoms with Crippen molar-refractivity contribution in [3.05, 3.63) is 23.8 Å². The summed E-state index contributed by atoms with van der Waals surface area (Å²) in [4.78, 5) is 2.26. The standard InChI is InChI=1S/C12H20N2/c1-4-5-6-14(3)12-8-10(2)7-11(13)9-12/h7-9H,4-6,13H2,1-3H3. The molecule has 2 heteroatoms. The zero-order valence-electron chi connectivity index (χ0n) is 9.38. The maximum absolute atomic E-state index is 5.80. The van der Waals surface area contributed by atoms with Gasteiger partial charge in [-0.3, -0.25) is 0 Å². The van der Waals surface area contributed by atoms with Crippen molar-refractivity contribution in [3.63, 3.8) is 0 Å². The fourth-order valence-corrected chi connectivity index (χ4v) is 1.54. The van der Waals surface area contributed by atoms with E-state index in [2.05, 4.69) is 31.9 Å². The topological polar surface area (TPSA) is 29.3 Å². The first-order valence-corrected chi connectivity index (χ1v) is 5.21. The minimum Gasteiger partial charge on any atom is -0.399 e. The molecule has 0 spiro atoms. The van der Waals surface area contributed by atoms with Gasteiger partial charge in [-0.1, -0.05) is 13.3 Å². The number of nitrogens with zero attached hydrogens (tertiary/aromatic N) is 1. The number of nitrogens with two attached hydrogens (primary N) is 1. The van der Waals surface area contributed by atoms with Crippen LogP contribution in [0, 0.1) is 6.92 Å². The minimum absolute atomic E-state index is 0.850. The summed E-state index contributed by atoms with van der Waals surface area (Å²) < 4.78 is 0. The fourth-order valence-electron chi connectivity index (χ4n) is 1.54. The fraction of sp³-hybridized carbons (Fsp3) is 0.500. The normalized spacial score (nSPS) is 10.2. The highest BCUT2D eigenvalue weighted by Gasteiger charge is 2.01. The molecule has 0 fully saturated rings. The largest absolute Gasteiger partial charge is 0.399 e. The molecule has 0 aliphatic heterocycles. The van der Waals surface area contributed by atoms with E-state index in [0.29, 0.717) is 0 Å². The van der Waals surface area contributed by atoms with Crippen LogP contribution in [-0.2, 0) is 0 Å². The maximum Gasteiger partial charge on any atom is 0.0386 e. The lowest BCUT2D eigenvalue weighted by molar-refractivity contribution is 0.766. The van der Waals surface area contributed by atoms with Gasteiger partial charge in [0.15, 0.2) is 0 Å². The molecular weight excluding hydrogens is 172 g/mol. The van der Waals surface area contributed by atoms with E-state index in [4.69, 9.17) is 5.73 Å². The van der Waals surface area contributed by atoms with Crippen LogP contribution < -0.4 is 10.6 Å².